The lowest BCUT2D eigenvalue weighted by atomic mass is 10.3. The summed E-state index contributed by atoms with van der Waals surface area (Å²) >= 11 is 13.0. The summed E-state index contributed by atoms with van der Waals surface area (Å²) in [6.07, 6.45) is 0.672. The van der Waals surface area contributed by atoms with Crippen LogP contribution in [0.25, 0.3) is 0 Å². The number of benzene rings is 1. The minimum Gasteiger partial charge on any atom is -0.482 e. The van der Waals surface area contributed by atoms with Gasteiger partial charge in [0.15, 0.2) is 6.61 Å². The number of carbonyl (C=O) groups excluding carboxylic acids is 2. The van der Waals surface area contributed by atoms with Gasteiger partial charge in [0.25, 0.3) is 5.91 Å². The number of hydrogen-bond donors (Lipinski definition) is 2. The minimum atomic E-state index is -0.420. The van der Waals surface area contributed by atoms with Gasteiger partial charge in [0.05, 0.1) is 16.1 Å². The van der Waals surface area contributed by atoms with Crippen molar-refractivity contribution in [3.8, 4) is 5.75 Å². The van der Waals surface area contributed by atoms with Crippen LogP contribution in [0, 0.1) is 0 Å². The molecule has 1 aromatic rings. The van der Waals surface area contributed by atoms with Crippen molar-refractivity contribution in [1.82, 2.24) is 5.32 Å². The Balaban J connectivity index is 2.43. The van der Waals surface area contributed by atoms with Crippen LogP contribution in [0.1, 0.15) is 13.3 Å². The number of ether oxygens (including phenoxy) is 1. The van der Waals surface area contributed by atoms with E-state index in [2.05, 4.69) is 5.32 Å². The molecule has 1 rings (SSSR count). The Hall–Kier alpha value is -1.11. The Morgan fingerprint density at radius 2 is 2.14 bits per heavy atom. The summed E-state index contributed by atoms with van der Waals surface area (Å²) in [6.45, 7) is 1.73. The zero-order valence-electron chi connectivity index (χ0n) is 11.4. The molecule has 0 radical (unpaired) electrons. The third-order valence-electron chi connectivity index (χ3n) is 2.37. The summed E-state index contributed by atoms with van der Waals surface area (Å²) in [5.41, 5.74) is 5.07. The highest BCUT2D eigenvalue weighted by molar-refractivity contribution is 8.00. The van der Waals surface area contributed by atoms with E-state index in [1.807, 2.05) is 6.92 Å². The summed E-state index contributed by atoms with van der Waals surface area (Å²) in [5, 5.41) is 3.39. The maximum atomic E-state index is 11.8. The van der Waals surface area contributed by atoms with E-state index >= 15 is 0 Å². The number of nitrogens with one attached hydrogen (secondary N) is 1. The highest BCUT2D eigenvalue weighted by Crippen LogP contribution is 2.27. The fourth-order valence-corrected chi connectivity index (χ4v) is 2.68. The predicted molar refractivity (Wildman–Crippen MR) is 85.8 cm³/mol. The summed E-state index contributed by atoms with van der Waals surface area (Å²) < 4.78 is 5.32. The Labute approximate surface area is 137 Å². The van der Waals surface area contributed by atoms with E-state index in [0.29, 0.717) is 22.2 Å². The van der Waals surface area contributed by atoms with E-state index in [9.17, 15) is 9.59 Å². The van der Waals surface area contributed by atoms with Gasteiger partial charge in [-0.15, -0.1) is 11.8 Å². The lowest BCUT2D eigenvalue weighted by Gasteiger charge is -2.16. The zero-order chi connectivity index (χ0) is 15.8. The molecule has 1 unspecified atom stereocenters. The van der Waals surface area contributed by atoms with Gasteiger partial charge in [0.2, 0.25) is 5.91 Å². The number of hydrogen-bond acceptors (Lipinski definition) is 4. The molecule has 1 aromatic carbocycles. The molecule has 0 spiro atoms. The normalized spacial score (nSPS) is 11.8. The maximum Gasteiger partial charge on any atom is 0.258 e. The molecule has 21 heavy (non-hydrogen) atoms. The molecule has 0 fully saturated rings. The van der Waals surface area contributed by atoms with Gasteiger partial charge in [0.1, 0.15) is 5.75 Å². The summed E-state index contributed by atoms with van der Waals surface area (Å²) in [7, 11) is 0. The van der Waals surface area contributed by atoms with E-state index in [1.165, 1.54) is 17.8 Å². The van der Waals surface area contributed by atoms with Gasteiger partial charge in [-0.2, -0.15) is 0 Å². The third kappa shape index (κ3) is 6.93. The molecule has 0 saturated carbocycles. The minimum absolute atomic E-state index is 0.155. The lowest BCUT2D eigenvalue weighted by Crippen LogP contribution is -2.36. The highest BCUT2D eigenvalue weighted by atomic mass is 35.5. The monoisotopic (exact) mass is 350 g/mol. The standard InChI is InChI=1S/C13H16Cl2N2O3S/c1-2-13(21-7-11(16)18)17-12(19)6-20-10-4-3-8(14)5-9(10)15/h3-5,13H,2,6-7H2,1H3,(H2,16,18)(H,17,19). The molecule has 0 aliphatic carbocycles. The molecule has 3 N–H and O–H groups in total. The van der Waals surface area contributed by atoms with Crippen LogP contribution < -0.4 is 15.8 Å². The highest BCUT2D eigenvalue weighted by Gasteiger charge is 2.13. The van der Waals surface area contributed by atoms with Crippen molar-refractivity contribution in [2.45, 2.75) is 18.7 Å². The summed E-state index contributed by atoms with van der Waals surface area (Å²) in [4.78, 5) is 22.5. The number of nitrogens with two attached hydrogens (primary N) is 1. The van der Waals surface area contributed by atoms with Crippen LogP contribution in [0.3, 0.4) is 0 Å². The molecule has 8 heteroatoms. The topological polar surface area (TPSA) is 81.4 Å². The van der Waals surface area contributed by atoms with Crippen molar-refractivity contribution in [3.63, 3.8) is 0 Å². The van der Waals surface area contributed by atoms with Gasteiger partial charge in [-0.25, -0.2) is 0 Å². The molecular weight excluding hydrogens is 335 g/mol. The number of halogens is 2. The molecule has 0 aromatic heterocycles. The molecule has 0 saturated heterocycles. The van der Waals surface area contributed by atoms with Crippen LogP contribution in [-0.2, 0) is 9.59 Å². The van der Waals surface area contributed by atoms with Gasteiger partial charge in [-0.1, -0.05) is 30.1 Å². The molecule has 1 atom stereocenters. The van der Waals surface area contributed by atoms with Crippen molar-refractivity contribution in [2.75, 3.05) is 12.4 Å². The van der Waals surface area contributed by atoms with Crippen molar-refractivity contribution < 1.29 is 14.3 Å². The van der Waals surface area contributed by atoms with Gasteiger partial charge >= 0.3 is 0 Å². The van der Waals surface area contributed by atoms with Crippen LogP contribution in [-0.4, -0.2) is 29.5 Å². The van der Waals surface area contributed by atoms with E-state index in [0.717, 1.165) is 0 Å². The van der Waals surface area contributed by atoms with Crippen LogP contribution >= 0.6 is 35.0 Å². The van der Waals surface area contributed by atoms with E-state index in [4.69, 9.17) is 33.7 Å². The molecule has 116 valence electrons. The Morgan fingerprint density at radius 3 is 2.71 bits per heavy atom. The first-order valence-corrected chi connectivity index (χ1v) is 8.00. The Bertz CT molecular complexity index is 514. The number of primary amides is 1. The zero-order valence-corrected chi connectivity index (χ0v) is 13.7. The average Bonchev–Trinajstić information content (AvgIpc) is 2.42. The molecule has 0 heterocycles. The van der Waals surface area contributed by atoms with Gasteiger partial charge < -0.3 is 15.8 Å². The quantitative estimate of drug-likeness (QED) is 0.705. The molecular formula is C13H16Cl2N2O3S. The van der Waals surface area contributed by atoms with E-state index < -0.39 is 5.91 Å². The fourth-order valence-electron chi connectivity index (χ4n) is 1.40. The van der Waals surface area contributed by atoms with E-state index in [1.54, 1.807) is 12.1 Å². The molecule has 0 bridgehead atoms. The first kappa shape index (κ1) is 17.9. The second kappa shape index (κ2) is 9.02. The van der Waals surface area contributed by atoms with Gasteiger partial charge in [0, 0.05) is 5.02 Å². The Morgan fingerprint density at radius 1 is 1.43 bits per heavy atom. The largest absolute Gasteiger partial charge is 0.482 e. The predicted octanol–water partition coefficient (Wildman–Crippen LogP) is 2.44. The van der Waals surface area contributed by atoms with E-state index in [-0.39, 0.29) is 23.6 Å². The van der Waals surface area contributed by atoms with Crippen molar-refractivity contribution >= 4 is 46.8 Å². The number of rotatable bonds is 8. The third-order valence-corrected chi connectivity index (χ3v) is 4.21. The van der Waals surface area contributed by atoms with Crippen LogP contribution in [0.2, 0.25) is 10.0 Å². The number of amides is 2. The Kier molecular flexibility index (Phi) is 7.71. The molecule has 5 nitrogen and oxygen atoms in total. The number of carbonyl (C=O) groups is 2. The first-order valence-electron chi connectivity index (χ1n) is 6.19. The molecule has 0 aliphatic heterocycles. The van der Waals surface area contributed by atoms with Gasteiger partial charge in [-0.3, -0.25) is 9.59 Å². The second-order valence-electron chi connectivity index (χ2n) is 4.11. The fraction of sp³-hybridized carbons (Fsp3) is 0.385. The maximum absolute atomic E-state index is 11.8. The molecule has 0 aliphatic rings. The van der Waals surface area contributed by atoms with Crippen molar-refractivity contribution in [3.05, 3.63) is 28.2 Å². The smallest absolute Gasteiger partial charge is 0.258 e. The van der Waals surface area contributed by atoms with Crippen LogP contribution in [0.15, 0.2) is 18.2 Å². The SMILES string of the molecule is CCC(NC(=O)COc1ccc(Cl)cc1Cl)SCC(N)=O. The van der Waals surface area contributed by atoms with Crippen LogP contribution in [0.5, 0.6) is 5.75 Å². The van der Waals surface area contributed by atoms with Gasteiger partial charge in [-0.05, 0) is 24.6 Å². The molecule has 2 amide bonds. The second-order valence-corrected chi connectivity index (χ2v) is 6.14. The van der Waals surface area contributed by atoms with Crippen molar-refractivity contribution in [1.29, 1.82) is 0 Å². The average molecular weight is 351 g/mol. The van der Waals surface area contributed by atoms with Crippen LogP contribution in [0.4, 0.5) is 0 Å². The number of thioether (sulfide) groups is 1. The first-order chi connectivity index (χ1) is 9.92. The summed E-state index contributed by atoms with van der Waals surface area (Å²) in [6, 6.07) is 4.75. The van der Waals surface area contributed by atoms with Crippen molar-refractivity contribution in [2.24, 2.45) is 5.73 Å². The summed E-state index contributed by atoms with van der Waals surface area (Å²) in [5.74, 6) is -0.182. The lowest BCUT2D eigenvalue weighted by molar-refractivity contribution is -0.123.